The van der Waals surface area contributed by atoms with Gasteiger partial charge >= 0.3 is 0 Å². The average Bonchev–Trinajstić information content (AvgIpc) is 1.57. The van der Waals surface area contributed by atoms with E-state index in [2.05, 4.69) is 143 Å². The molecule has 16 aromatic rings. The van der Waals surface area contributed by atoms with Gasteiger partial charge < -0.3 is 9.13 Å². The van der Waals surface area contributed by atoms with Crippen molar-refractivity contribution in [1.82, 2.24) is 83.9 Å². The third-order valence-corrected chi connectivity index (χ3v) is 17.1. The maximum Gasteiger partial charge on any atom is 0.194 e. The van der Waals surface area contributed by atoms with Gasteiger partial charge in [0.05, 0.1) is 45.6 Å². The predicted molar refractivity (Wildman–Crippen MR) is 375 cm³/mol. The molecule has 96 heavy (non-hydrogen) atoms. The first kappa shape index (κ1) is 58.2. The number of fused-ring (bicyclic) bond motifs is 6. The Hall–Kier alpha value is -12.9. The summed E-state index contributed by atoms with van der Waals surface area (Å²) in [7, 11) is 0. The van der Waals surface area contributed by atoms with Crippen LogP contribution < -0.4 is 0 Å². The van der Waals surface area contributed by atoms with Gasteiger partial charge in [-0.25, -0.2) is 79.6 Å². The second-order valence-electron chi connectivity index (χ2n) is 23.7. The number of benzene rings is 9. The molecule has 0 amide bonds. The third-order valence-electron chi connectivity index (χ3n) is 17.1. The van der Waals surface area contributed by atoms with E-state index in [9.17, 15) is 0 Å². The monoisotopic (exact) mass is 1240 g/mol. The molecule has 0 N–H and O–H groups in total. The van der Waals surface area contributed by atoms with E-state index in [1.165, 1.54) is 0 Å². The number of para-hydroxylation sites is 1. The van der Waals surface area contributed by atoms with Crippen molar-refractivity contribution in [2.45, 2.75) is 55.4 Å². The topological polar surface area (TPSA) is 208 Å². The van der Waals surface area contributed by atoms with Crippen LogP contribution in [0.3, 0.4) is 0 Å². The highest BCUT2D eigenvalue weighted by molar-refractivity contribution is 6.14. The normalized spacial score (nSPS) is 11.5. The molecule has 0 atom stereocenters. The Morgan fingerprint density at radius 3 is 0.979 bits per heavy atom. The Bertz CT molecular complexity index is 5560. The van der Waals surface area contributed by atoms with E-state index < -0.39 is 0 Å². The first-order valence-electron chi connectivity index (χ1n) is 31.3. The highest BCUT2D eigenvalue weighted by Crippen LogP contribution is 2.47. The molecule has 18 heteroatoms. The van der Waals surface area contributed by atoms with Crippen LogP contribution in [0.15, 0.2) is 194 Å². The third kappa shape index (κ3) is 10.5. The molecule has 18 nitrogen and oxygen atoms in total. The summed E-state index contributed by atoms with van der Waals surface area (Å²) in [5.74, 6) is 8.65. The van der Waals surface area contributed by atoms with Crippen LogP contribution in [-0.4, -0.2) is 83.9 Å². The summed E-state index contributed by atoms with van der Waals surface area (Å²) in [5.41, 5.74) is 14.6. The molecule has 0 aliphatic carbocycles. The molecular weight excluding hydrogens is 1190 g/mol. The molecule has 458 valence electrons. The fourth-order valence-electron chi connectivity index (χ4n) is 13.1. The summed E-state index contributed by atoms with van der Waals surface area (Å²) in [4.78, 5) is 77.4. The average molecular weight is 1250 g/mol. The van der Waals surface area contributed by atoms with Gasteiger partial charge in [-0.2, -0.15) is 0 Å². The summed E-state index contributed by atoms with van der Waals surface area (Å²) >= 11 is 0. The molecule has 0 aliphatic rings. The van der Waals surface area contributed by atoms with Crippen molar-refractivity contribution in [3.8, 4) is 113 Å². The number of aryl methyl sites for hydroxylation is 8. The van der Waals surface area contributed by atoms with Crippen molar-refractivity contribution in [1.29, 1.82) is 0 Å². The number of rotatable bonds is 11. The highest BCUT2D eigenvalue weighted by atomic mass is 15.1. The Kier molecular flexibility index (Phi) is 14.2. The van der Waals surface area contributed by atoms with Gasteiger partial charge in [-0.15, -0.1) is 0 Å². The van der Waals surface area contributed by atoms with E-state index in [1.54, 1.807) is 0 Å². The minimum absolute atomic E-state index is 0.420. The van der Waals surface area contributed by atoms with Gasteiger partial charge in [0.2, 0.25) is 0 Å². The lowest BCUT2D eigenvalue weighted by Gasteiger charge is -2.22. The first-order valence-corrected chi connectivity index (χ1v) is 31.3. The van der Waals surface area contributed by atoms with Crippen molar-refractivity contribution < 1.29 is 0 Å². The summed E-state index contributed by atoms with van der Waals surface area (Å²) in [6.45, 7) is 23.5. The van der Waals surface area contributed by atoms with Gasteiger partial charge in [-0.1, -0.05) is 103 Å². The second kappa shape index (κ2) is 23.4. The second-order valence-corrected chi connectivity index (χ2v) is 23.7. The SMILES string of the molecule is [C-]#[N+]c1ccccc1-c1ccc(-n2c3ccc(-c4nc(C)nc(C)n4)cc3c3cc(-c4nc(C)nc(C)n4)ccc32)c(-c2cccc(-n3c4ccc(-c5nc(C)nc(C)n5)cc4c4cc(-c5nc(C)nc(C)n5)ccc43)c2-c2nc(-c3ccccc3)nc(-c3ccccc3)n2)c1. The quantitative estimate of drug-likeness (QED) is 0.110. The molecule has 0 unspecified atom stereocenters. The van der Waals surface area contributed by atoms with E-state index in [4.69, 9.17) is 61.4 Å². The zero-order chi connectivity index (χ0) is 65.5. The van der Waals surface area contributed by atoms with E-state index >= 15 is 0 Å². The number of hydrogen-bond donors (Lipinski definition) is 0. The zero-order valence-corrected chi connectivity index (χ0v) is 53.5. The van der Waals surface area contributed by atoms with E-state index in [0.717, 1.165) is 111 Å². The molecule has 7 heterocycles. The molecule has 0 spiro atoms. The Balaban J connectivity index is 1.05. The van der Waals surface area contributed by atoms with Crippen LogP contribution in [0, 0.1) is 62.0 Å². The summed E-state index contributed by atoms with van der Waals surface area (Å²) < 4.78 is 4.62. The van der Waals surface area contributed by atoms with Crippen LogP contribution in [0.2, 0.25) is 0 Å². The van der Waals surface area contributed by atoms with E-state index in [0.29, 0.717) is 98.6 Å². The molecule has 0 bridgehead atoms. The van der Waals surface area contributed by atoms with Crippen LogP contribution in [-0.2, 0) is 0 Å². The zero-order valence-electron chi connectivity index (χ0n) is 53.5. The fourth-order valence-corrected chi connectivity index (χ4v) is 13.1. The van der Waals surface area contributed by atoms with Crippen LogP contribution in [0.5, 0.6) is 0 Å². The van der Waals surface area contributed by atoms with Crippen molar-refractivity contribution in [2.24, 2.45) is 0 Å². The van der Waals surface area contributed by atoms with Gasteiger partial charge in [0.15, 0.2) is 46.5 Å². The first-order chi connectivity index (χ1) is 46.7. The molecule has 0 saturated carbocycles. The van der Waals surface area contributed by atoms with Gasteiger partial charge in [0, 0.05) is 60.5 Å². The molecule has 16 rings (SSSR count). The lowest BCUT2D eigenvalue weighted by atomic mass is 9.92. The van der Waals surface area contributed by atoms with Crippen molar-refractivity contribution in [3.05, 3.63) is 252 Å². The van der Waals surface area contributed by atoms with Gasteiger partial charge in [0.1, 0.15) is 46.6 Å². The number of aromatic nitrogens is 17. The molecule has 9 aromatic carbocycles. The van der Waals surface area contributed by atoms with Gasteiger partial charge in [-0.05, 0) is 163 Å². The maximum atomic E-state index is 8.48. The standard InChI is InChI=1S/C78H56N18/c1-42-80-43(2)85-74(84-42)53-28-33-66-60(38-53)61-39-54(75-86-44(3)81-45(4)87-75)29-34-67(61)95(66)65-32-27-52(57-23-16-17-25-64(57)79-9)37-59(65)58-24-18-26-70(71(58)78-93-72(50-19-12-10-13-20-50)92-73(94-78)51-21-14-11-15-22-51)96-68-35-30-55(76-88-46(5)82-47(6)89-76)40-62(68)63-41-56(31-36-69(63)96)77-90-48(7)83-49(8)91-77/h10-41H,1-8H3. The molecule has 0 aliphatic heterocycles. The molecular formula is C78H56N18. The molecule has 7 aromatic heterocycles. The minimum Gasteiger partial charge on any atom is -0.309 e. The summed E-state index contributed by atoms with van der Waals surface area (Å²) in [5, 5.41) is 3.74. The summed E-state index contributed by atoms with van der Waals surface area (Å²) in [6, 6.07) is 66.1. The molecule has 0 saturated heterocycles. The number of nitrogens with zero attached hydrogens (tertiary/aromatic N) is 18. The van der Waals surface area contributed by atoms with Gasteiger partial charge in [0.25, 0.3) is 0 Å². The van der Waals surface area contributed by atoms with Crippen molar-refractivity contribution >= 4 is 49.3 Å². The van der Waals surface area contributed by atoms with Crippen LogP contribution in [0.25, 0.3) is 162 Å². The lowest BCUT2D eigenvalue weighted by Crippen LogP contribution is -2.06. The van der Waals surface area contributed by atoms with E-state index in [1.807, 2.05) is 140 Å². The highest BCUT2D eigenvalue weighted by Gasteiger charge is 2.28. The summed E-state index contributed by atoms with van der Waals surface area (Å²) in [6.07, 6.45) is 0. The fraction of sp³-hybridized carbons (Fsp3) is 0.103. The van der Waals surface area contributed by atoms with Crippen LogP contribution >= 0.6 is 0 Å². The van der Waals surface area contributed by atoms with Gasteiger partial charge in [-0.3, -0.25) is 0 Å². The van der Waals surface area contributed by atoms with Crippen LogP contribution in [0.4, 0.5) is 5.69 Å². The lowest BCUT2D eigenvalue weighted by molar-refractivity contribution is 0.928. The minimum atomic E-state index is 0.420. The Morgan fingerprint density at radius 1 is 0.250 bits per heavy atom. The van der Waals surface area contributed by atoms with Crippen molar-refractivity contribution in [3.63, 3.8) is 0 Å². The molecule has 0 fully saturated rings. The number of hydrogen-bond acceptors (Lipinski definition) is 15. The van der Waals surface area contributed by atoms with Crippen LogP contribution in [0.1, 0.15) is 46.6 Å². The Morgan fingerprint density at radius 2 is 0.583 bits per heavy atom. The van der Waals surface area contributed by atoms with Crippen molar-refractivity contribution in [2.75, 3.05) is 0 Å². The van der Waals surface area contributed by atoms with E-state index in [-0.39, 0.29) is 0 Å². The predicted octanol–water partition coefficient (Wildman–Crippen LogP) is 16.8. The molecule has 0 radical (unpaired) electrons. The largest absolute Gasteiger partial charge is 0.309 e. The Labute approximate surface area is 551 Å². The maximum absolute atomic E-state index is 8.48. The smallest absolute Gasteiger partial charge is 0.194 e.